The molecule has 8 heteroatoms. The van der Waals surface area contributed by atoms with E-state index in [4.69, 9.17) is 5.73 Å². The smallest absolute Gasteiger partial charge is 0.246 e. The molecule has 112 valence electrons. The minimum Gasteiger partial charge on any atom is -0.394 e. The van der Waals surface area contributed by atoms with Crippen LogP contribution in [0.5, 0.6) is 0 Å². The molecule has 0 aliphatic carbocycles. The number of rotatable bonds is 2. The second-order valence-corrected chi connectivity index (χ2v) is 7.64. The average molecular weight is 330 g/mol. The zero-order valence-corrected chi connectivity index (χ0v) is 12.5. The molecule has 0 saturated heterocycles. The molecule has 1 aromatic heterocycles. The fourth-order valence-electron chi connectivity index (χ4n) is 2.32. The number of sulfonamides is 1. The molecule has 2 aromatic rings. The summed E-state index contributed by atoms with van der Waals surface area (Å²) in [5, 5.41) is 1.90. The van der Waals surface area contributed by atoms with Crippen molar-refractivity contribution in [2.45, 2.75) is 17.9 Å². The summed E-state index contributed by atoms with van der Waals surface area (Å²) >= 11 is 1.58. The molecule has 1 aromatic carbocycles. The molecule has 3 rings (SSSR count). The van der Waals surface area contributed by atoms with Gasteiger partial charge >= 0.3 is 0 Å². The predicted molar refractivity (Wildman–Crippen MR) is 76.4 cm³/mol. The molecule has 0 spiro atoms. The lowest BCUT2D eigenvalue weighted by molar-refractivity contribution is 0.391. The zero-order valence-electron chi connectivity index (χ0n) is 10.8. The molecule has 0 atom stereocenters. The van der Waals surface area contributed by atoms with Gasteiger partial charge in [0, 0.05) is 18.0 Å². The van der Waals surface area contributed by atoms with E-state index in [1.807, 2.05) is 11.4 Å². The van der Waals surface area contributed by atoms with Crippen molar-refractivity contribution in [2.24, 2.45) is 0 Å². The number of anilines is 1. The van der Waals surface area contributed by atoms with E-state index in [0.717, 1.165) is 22.6 Å². The van der Waals surface area contributed by atoms with Crippen molar-refractivity contribution in [3.05, 3.63) is 45.7 Å². The molecular formula is C13H12F2N2O2S2. The summed E-state index contributed by atoms with van der Waals surface area (Å²) in [6.45, 7) is 0.463. The maximum Gasteiger partial charge on any atom is 0.246 e. The van der Waals surface area contributed by atoms with Crippen LogP contribution in [0.2, 0.25) is 0 Å². The lowest BCUT2D eigenvalue weighted by Crippen LogP contribution is -2.35. The Labute approximate surface area is 124 Å². The molecule has 0 fully saturated rings. The molecule has 2 heterocycles. The highest BCUT2D eigenvalue weighted by Gasteiger charge is 2.32. The van der Waals surface area contributed by atoms with Crippen molar-refractivity contribution < 1.29 is 17.2 Å². The second kappa shape index (κ2) is 5.04. The van der Waals surface area contributed by atoms with Gasteiger partial charge in [-0.05, 0) is 35.6 Å². The monoisotopic (exact) mass is 330 g/mol. The topological polar surface area (TPSA) is 63.4 Å². The van der Waals surface area contributed by atoms with Gasteiger partial charge < -0.3 is 5.73 Å². The van der Waals surface area contributed by atoms with Gasteiger partial charge in [-0.2, -0.15) is 4.31 Å². The largest absolute Gasteiger partial charge is 0.394 e. The zero-order chi connectivity index (χ0) is 15.2. The Bertz CT molecular complexity index is 802. The van der Waals surface area contributed by atoms with E-state index in [1.165, 1.54) is 4.31 Å². The van der Waals surface area contributed by atoms with Crippen LogP contribution >= 0.6 is 11.3 Å². The van der Waals surface area contributed by atoms with E-state index in [9.17, 15) is 17.2 Å². The first-order chi connectivity index (χ1) is 9.91. The lowest BCUT2D eigenvalue weighted by atomic mass is 10.1. The molecule has 4 nitrogen and oxygen atoms in total. The molecule has 2 N–H and O–H groups in total. The highest BCUT2D eigenvalue weighted by atomic mass is 32.2. The third-order valence-electron chi connectivity index (χ3n) is 3.48. The maximum atomic E-state index is 14.0. The number of hydrogen-bond donors (Lipinski definition) is 1. The number of nitrogens with two attached hydrogens (primary N) is 1. The van der Waals surface area contributed by atoms with E-state index in [0.29, 0.717) is 6.42 Å². The minimum absolute atomic E-state index is 0.192. The quantitative estimate of drug-likeness (QED) is 0.860. The predicted octanol–water partition coefficient (Wildman–Crippen LogP) is 2.36. The summed E-state index contributed by atoms with van der Waals surface area (Å²) < 4.78 is 53.4. The second-order valence-electron chi connectivity index (χ2n) is 4.73. The normalized spacial score (nSPS) is 15.9. The first-order valence-electron chi connectivity index (χ1n) is 6.20. The van der Waals surface area contributed by atoms with Gasteiger partial charge in [0.05, 0.1) is 0 Å². The molecule has 0 amide bonds. The van der Waals surface area contributed by atoms with Gasteiger partial charge in [-0.1, -0.05) is 0 Å². The Morgan fingerprint density at radius 2 is 2.00 bits per heavy atom. The van der Waals surface area contributed by atoms with Crippen LogP contribution in [0.4, 0.5) is 14.5 Å². The molecule has 0 radical (unpaired) electrons. The maximum absolute atomic E-state index is 14.0. The third kappa shape index (κ3) is 2.33. The summed E-state index contributed by atoms with van der Waals surface area (Å²) in [4.78, 5) is 0.556. The summed E-state index contributed by atoms with van der Waals surface area (Å²) in [6, 6.07) is 3.64. The lowest BCUT2D eigenvalue weighted by Gasteiger charge is -2.26. The standard InChI is InChI=1S/C13H12F2N2O2S2/c14-9-1-2-11(12(15)13(9)16)21(18,19)17-5-3-10-8(7-17)4-6-20-10/h1-2,4,6H,3,5,7,16H2. The van der Waals surface area contributed by atoms with Crippen LogP contribution in [0, 0.1) is 11.6 Å². The molecule has 1 aliphatic rings. The van der Waals surface area contributed by atoms with Gasteiger partial charge in [0.15, 0.2) is 5.82 Å². The Kier molecular flexibility index (Phi) is 3.46. The number of thiophene rings is 1. The summed E-state index contributed by atoms with van der Waals surface area (Å²) in [7, 11) is -4.04. The average Bonchev–Trinajstić information content (AvgIpc) is 2.92. The number of fused-ring (bicyclic) bond motifs is 1. The highest BCUT2D eigenvalue weighted by Crippen LogP contribution is 2.30. The van der Waals surface area contributed by atoms with Gasteiger partial charge in [0.25, 0.3) is 0 Å². The molecule has 0 unspecified atom stereocenters. The molecule has 0 saturated carbocycles. The van der Waals surface area contributed by atoms with Crippen LogP contribution in [-0.4, -0.2) is 19.3 Å². The Morgan fingerprint density at radius 1 is 1.24 bits per heavy atom. The Hall–Kier alpha value is -1.51. The van der Waals surface area contributed by atoms with Crippen LogP contribution in [0.15, 0.2) is 28.5 Å². The Balaban J connectivity index is 2.01. The van der Waals surface area contributed by atoms with Crippen LogP contribution in [0.1, 0.15) is 10.4 Å². The number of hydrogen-bond acceptors (Lipinski definition) is 4. The van der Waals surface area contributed by atoms with Crippen molar-refractivity contribution in [3.63, 3.8) is 0 Å². The molecule has 1 aliphatic heterocycles. The summed E-state index contributed by atoms with van der Waals surface area (Å²) in [6.07, 6.45) is 0.588. The fraction of sp³-hybridized carbons (Fsp3) is 0.231. The summed E-state index contributed by atoms with van der Waals surface area (Å²) in [5.41, 5.74) is 5.39. The van der Waals surface area contributed by atoms with Crippen molar-refractivity contribution in [1.82, 2.24) is 4.31 Å². The third-order valence-corrected chi connectivity index (χ3v) is 6.37. The number of benzene rings is 1. The van der Waals surface area contributed by atoms with Crippen molar-refractivity contribution in [1.29, 1.82) is 0 Å². The van der Waals surface area contributed by atoms with E-state index in [2.05, 4.69) is 0 Å². The first kappa shape index (κ1) is 14.4. The van der Waals surface area contributed by atoms with E-state index in [-0.39, 0.29) is 13.1 Å². The van der Waals surface area contributed by atoms with Crippen LogP contribution in [-0.2, 0) is 23.0 Å². The summed E-state index contributed by atoms with van der Waals surface area (Å²) in [5.74, 6) is -2.20. The van der Waals surface area contributed by atoms with E-state index >= 15 is 0 Å². The molecule has 21 heavy (non-hydrogen) atoms. The van der Waals surface area contributed by atoms with Gasteiger partial charge in [-0.15, -0.1) is 11.3 Å². The van der Waals surface area contributed by atoms with Crippen molar-refractivity contribution >= 4 is 27.0 Å². The Morgan fingerprint density at radius 3 is 2.76 bits per heavy atom. The van der Waals surface area contributed by atoms with Crippen LogP contribution < -0.4 is 5.73 Å². The number of nitrogen functional groups attached to an aromatic ring is 1. The minimum atomic E-state index is -4.04. The molecular weight excluding hydrogens is 318 g/mol. The first-order valence-corrected chi connectivity index (χ1v) is 8.52. The SMILES string of the molecule is Nc1c(F)ccc(S(=O)(=O)N2CCc3sccc3C2)c1F. The number of nitrogens with zero attached hydrogens (tertiary/aromatic N) is 1. The van der Waals surface area contributed by atoms with Crippen LogP contribution in [0.25, 0.3) is 0 Å². The van der Waals surface area contributed by atoms with Gasteiger partial charge in [-0.25, -0.2) is 17.2 Å². The van der Waals surface area contributed by atoms with Gasteiger partial charge in [0.2, 0.25) is 10.0 Å². The van der Waals surface area contributed by atoms with Gasteiger partial charge in [-0.3, -0.25) is 0 Å². The highest BCUT2D eigenvalue weighted by molar-refractivity contribution is 7.89. The fourth-order valence-corrected chi connectivity index (χ4v) is 4.70. The van der Waals surface area contributed by atoms with Crippen molar-refractivity contribution in [3.8, 4) is 0 Å². The number of halogens is 2. The molecule has 0 bridgehead atoms. The van der Waals surface area contributed by atoms with E-state index < -0.39 is 32.2 Å². The van der Waals surface area contributed by atoms with Gasteiger partial charge in [0.1, 0.15) is 16.4 Å². The van der Waals surface area contributed by atoms with Crippen molar-refractivity contribution in [2.75, 3.05) is 12.3 Å². The van der Waals surface area contributed by atoms with E-state index in [1.54, 1.807) is 11.3 Å². The van der Waals surface area contributed by atoms with Crippen LogP contribution in [0.3, 0.4) is 0 Å².